The van der Waals surface area contributed by atoms with Crippen molar-refractivity contribution in [1.82, 2.24) is 20.1 Å². The number of rotatable bonds is 5. The lowest BCUT2D eigenvalue weighted by Crippen LogP contribution is -2.31. The van der Waals surface area contributed by atoms with Gasteiger partial charge in [-0.25, -0.2) is 4.98 Å². The molecule has 2 aliphatic rings. The summed E-state index contributed by atoms with van der Waals surface area (Å²) >= 11 is 0. The molecule has 8 heteroatoms. The van der Waals surface area contributed by atoms with E-state index < -0.39 is 0 Å². The van der Waals surface area contributed by atoms with Gasteiger partial charge in [0.15, 0.2) is 17.3 Å². The van der Waals surface area contributed by atoms with Gasteiger partial charge in [-0.15, -0.1) is 0 Å². The van der Waals surface area contributed by atoms with Crippen molar-refractivity contribution in [1.29, 1.82) is 0 Å². The summed E-state index contributed by atoms with van der Waals surface area (Å²) in [5.41, 5.74) is 0.589. The number of methoxy groups -OCH3 is 1. The average molecular weight is 344 g/mol. The van der Waals surface area contributed by atoms with Crippen LogP contribution >= 0.6 is 0 Å². The number of hydrogen-bond acceptors (Lipinski definition) is 6. The molecule has 1 atom stereocenters. The van der Waals surface area contributed by atoms with Crippen LogP contribution in [0.5, 0.6) is 11.5 Å². The number of amides is 1. The molecule has 1 fully saturated rings. The van der Waals surface area contributed by atoms with E-state index in [9.17, 15) is 4.79 Å². The van der Waals surface area contributed by atoms with E-state index in [2.05, 4.69) is 15.2 Å². The lowest BCUT2D eigenvalue weighted by molar-refractivity contribution is 0.0729. The largest absolute Gasteiger partial charge is 0.454 e. The van der Waals surface area contributed by atoms with E-state index in [0.717, 1.165) is 18.7 Å². The summed E-state index contributed by atoms with van der Waals surface area (Å²) in [6, 6.07) is 5.18. The van der Waals surface area contributed by atoms with E-state index in [0.29, 0.717) is 42.5 Å². The third kappa shape index (κ3) is 3.05. The lowest BCUT2D eigenvalue weighted by Gasteiger charge is -2.22. The highest BCUT2D eigenvalue weighted by Crippen LogP contribution is 2.35. The second-order valence-corrected chi connectivity index (χ2v) is 6.11. The summed E-state index contributed by atoms with van der Waals surface area (Å²) in [6.07, 6.45) is 2.47. The highest BCUT2D eigenvalue weighted by molar-refractivity contribution is 5.95. The van der Waals surface area contributed by atoms with Crippen LogP contribution in [0.3, 0.4) is 0 Å². The summed E-state index contributed by atoms with van der Waals surface area (Å²) in [6.45, 7) is 1.47. The summed E-state index contributed by atoms with van der Waals surface area (Å²) in [7, 11) is 1.65. The van der Waals surface area contributed by atoms with E-state index in [4.69, 9.17) is 14.2 Å². The molecule has 0 radical (unpaired) electrons. The number of carbonyl (C=O) groups excluding carboxylic acids is 1. The number of benzene rings is 1. The van der Waals surface area contributed by atoms with Crippen molar-refractivity contribution in [2.45, 2.75) is 25.3 Å². The minimum absolute atomic E-state index is 0.0379. The molecule has 1 aromatic carbocycles. The van der Waals surface area contributed by atoms with Gasteiger partial charge in [0.05, 0.1) is 12.6 Å². The molecule has 3 heterocycles. The maximum atomic E-state index is 13.0. The van der Waals surface area contributed by atoms with Gasteiger partial charge in [-0.3, -0.25) is 9.89 Å². The Bertz CT molecular complexity index is 776. The minimum atomic E-state index is -0.106. The van der Waals surface area contributed by atoms with Crippen LogP contribution in [0, 0.1) is 0 Å². The van der Waals surface area contributed by atoms with Crippen LogP contribution in [0.1, 0.15) is 40.9 Å². The molecule has 2 aliphatic heterocycles. The van der Waals surface area contributed by atoms with Crippen molar-refractivity contribution >= 4 is 5.91 Å². The summed E-state index contributed by atoms with van der Waals surface area (Å²) in [4.78, 5) is 19.3. The Morgan fingerprint density at radius 3 is 3.16 bits per heavy atom. The van der Waals surface area contributed by atoms with Crippen LogP contribution in [-0.4, -0.2) is 53.0 Å². The molecule has 8 nitrogen and oxygen atoms in total. The minimum Gasteiger partial charge on any atom is -0.454 e. The number of nitrogens with one attached hydrogen (secondary N) is 1. The van der Waals surface area contributed by atoms with Crippen LogP contribution in [0.2, 0.25) is 0 Å². The van der Waals surface area contributed by atoms with Crippen molar-refractivity contribution in [3.63, 3.8) is 0 Å². The number of aromatic nitrogens is 3. The molecule has 4 rings (SSSR count). The second-order valence-electron chi connectivity index (χ2n) is 6.11. The first-order chi connectivity index (χ1) is 12.3. The second kappa shape index (κ2) is 6.72. The van der Waals surface area contributed by atoms with Gasteiger partial charge in [0.1, 0.15) is 5.82 Å². The Hall–Kier alpha value is -2.61. The van der Waals surface area contributed by atoms with Crippen LogP contribution in [0.15, 0.2) is 18.2 Å². The van der Waals surface area contributed by atoms with Gasteiger partial charge in [0.2, 0.25) is 6.79 Å². The summed E-state index contributed by atoms with van der Waals surface area (Å²) < 4.78 is 15.7. The molecular weight excluding hydrogens is 324 g/mol. The molecule has 1 aromatic heterocycles. The number of likely N-dealkylation sites (tertiary alicyclic amines) is 1. The van der Waals surface area contributed by atoms with Gasteiger partial charge in [-0.05, 0) is 31.0 Å². The summed E-state index contributed by atoms with van der Waals surface area (Å²) in [5.74, 6) is 2.69. The number of carbonyl (C=O) groups is 1. The van der Waals surface area contributed by atoms with E-state index in [1.54, 1.807) is 25.3 Å². The molecule has 0 saturated carbocycles. The zero-order chi connectivity index (χ0) is 17.2. The van der Waals surface area contributed by atoms with Gasteiger partial charge < -0.3 is 19.1 Å². The maximum Gasteiger partial charge on any atom is 0.254 e. The van der Waals surface area contributed by atoms with Crippen molar-refractivity contribution in [2.24, 2.45) is 0 Å². The zero-order valence-corrected chi connectivity index (χ0v) is 14.0. The quantitative estimate of drug-likeness (QED) is 0.888. The Balaban J connectivity index is 1.52. The molecule has 1 amide bonds. The molecule has 1 saturated heterocycles. The first kappa shape index (κ1) is 15.9. The third-order valence-electron chi connectivity index (χ3n) is 4.52. The molecule has 0 aliphatic carbocycles. The molecule has 0 spiro atoms. The fourth-order valence-electron chi connectivity index (χ4n) is 3.24. The topological polar surface area (TPSA) is 89.6 Å². The number of aromatic amines is 1. The van der Waals surface area contributed by atoms with Gasteiger partial charge in [0.25, 0.3) is 5.91 Å². The third-order valence-corrected chi connectivity index (χ3v) is 4.52. The van der Waals surface area contributed by atoms with Gasteiger partial charge >= 0.3 is 0 Å². The number of fused-ring (bicyclic) bond motifs is 1. The van der Waals surface area contributed by atoms with Crippen LogP contribution < -0.4 is 9.47 Å². The molecular formula is C17H20N4O4. The van der Waals surface area contributed by atoms with Crippen molar-refractivity contribution in [3.8, 4) is 11.5 Å². The lowest BCUT2D eigenvalue weighted by atomic mass is 10.1. The van der Waals surface area contributed by atoms with E-state index in [1.807, 2.05) is 4.90 Å². The Morgan fingerprint density at radius 2 is 2.28 bits per heavy atom. The number of nitrogens with zero attached hydrogens (tertiary/aromatic N) is 3. The normalized spacial score (nSPS) is 18.8. The predicted molar refractivity (Wildman–Crippen MR) is 87.5 cm³/mol. The van der Waals surface area contributed by atoms with Crippen LogP contribution in [0.25, 0.3) is 0 Å². The number of ether oxygens (including phenoxy) is 3. The monoisotopic (exact) mass is 344 g/mol. The molecule has 132 valence electrons. The highest BCUT2D eigenvalue weighted by atomic mass is 16.7. The Kier molecular flexibility index (Phi) is 4.27. The van der Waals surface area contributed by atoms with Gasteiger partial charge in [-0.1, -0.05) is 0 Å². The fraction of sp³-hybridized carbons (Fsp3) is 0.471. The average Bonchev–Trinajstić information content (AvgIpc) is 3.38. The number of H-pyrrole nitrogens is 1. The first-order valence-electron chi connectivity index (χ1n) is 8.37. The molecule has 2 aromatic rings. The SMILES string of the molecule is COCCc1nc([C@@H]2CCCN2C(=O)c2ccc3c(c2)OCO3)n[nH]1. The van der Waals surface area contributed by atoms with E-state index in [-0.39, 0.29) is 18.7 Å². The van der Waals surface area contributed by atoms with Crippen molar-refractivity contribution in [2.75, 3.05) is 27.1 Å². The van der Waals surface area contributed by atoms with Gasteiger partial charge in [0, 0.05) is 25.6 Å². The molecule has 0 bridgehead atoms. The first-order valence-corrected chi connectivity index (χ1v) is 8.37. The maximum absolute atomic E-state index is 13.0. The zero-order valence-electron chi connectivity index (χ0n) is 14.0. The van der Waals surface area contributed by atoms with Crippen molar-refractivity contribution < 1.29 is 19.0 Å². The smallest absolute Gasteiger partial charge is 0.254 e. The fourth-order valence-corrected chi connectivity index (χ4v) is 3.24. The Morgan fingerprint density at radius 1 is 1.40 bits per heavy atom. The van der Waals surface area contributed by atoms with Crippen LogP contribution in [0.4, 0.5) is 0 Å². The molecule has 1 N–H and O–H groups in total. The summed E-state index contributed by atoms with van der Waals surface area (Å²) in [5, 5.41) is 7.24. The van der Waals surface area contributed by atoms with Gasteiger partial charge in [-0.2, -0.15) is 5.10 Å². The predicted octanol–water partition coefficient (Wildman–Crippen LogP) is 1.70. The standard InChI is InChI=1S/C17H20N4O4/c1-23-8-6-15-18-16(20-19-15)12-3-2-7-21(12)17(22)11-4-5-13-14(9-11)25-10-24-13/h4-5,9,12H,2-3,6-8,10H2,1H3,(H,18,19,20)/t12-/m0/s1. The Labute approximate surface area is 145 Å². The number of hydrogen-bond donors (Lipinski definition) is 1. The van der Waals surface area contributed by atoms with Crippen molar-refractivity contribution in [3.05, 3.63) is 35.4 Å². The van der Waals surface area contributed by atoms with E-state index in [1.165, 1.54) is 0 Å². The molecule has 25 heavy (non-hydrogen) atoms. The van der Waals surface area contributed by atoms with Crippen LogP contribution in [-0.2, 0) is 11.2 Å². The highest BCUT2D eigenvalue weighted by Gasteiger charge is 2.33. The molecule has 0 unspecified atom stereocenters. The van der Waals surface area contributed by atoms with E-state index >= 15 is 0 Å².